The molecule has 0 aromatic heterocycles. The molecule has 1 aromatic rings. The van der Waals surface area contributed by atoms with Crippen LogP contribution in [0.4, 0.5) is 0 Å². The van der Waals surface area contributed by atoms with E-state index in [9.17, 15) is 4.79 Å². The average Bonchev–Trinajstić information content (AvgIpc) is 2.80. The molecule has 3 nitrogen and oxygen atoms in total. The molecule has 2 rings (SSSR count). The lowest BCUT2D eigenvalue weighted by Crippen LogP contribution is -2.41. The molecule has 4 heteroatoms. The van der Waals surface area contributed by atoms with E-state index in [1.807, 2.05) is 6.92 Å². The molecule has 1 aromatic carbocycles. The molecule has 106 valence electrons. The minimum atomic E-state index is -0.00152. The summed E-state index contributed by atoms with van der Waals surface area (Å²) < 4.78 is 0. The van der Waals surface area contributed by atoms with Gasteiger partial charge in [-0.2, -0.15) is 0 Å². The van der Waals surface area contributed by atoms with Crippen LogP contribution in [0.3, 0.4) is 0 Å². The Balaban J connectivity index is 0.00000180. The number of carbonyl (C=O) groups is 1. The second-order valence-electron chi connectivity index (χ2n) is 5.30. The highest BCUT2D eigenvalue weighted by atomic mass is 35.5. The molecule has 1 saturated heterocycles. The number of aryl methyl sites for hydroxylation is 2. The topological polar surface area (TPSA) is 41.1 Å². The lowest BCUT2D eigenvalue weighted by molar-refractivity contribution is -0.123. The highest BCUT2D eigenvalue weighted by Crippen LogP contribution is 2.17. The zero-order chi connectivity index (χ0) is 13.1. The maximum Gasteiger partial charge on any atom is 0.237 e. The monoisotopic (exact) mass is 282 g/mol. The van der Waals surface area contributed by atoms with Crippen molar-refractivity contribution in [1.82, 2.24) is 10.6 Å². The molecule has 1 amide bonds. The number of benzene rings is 1. The Morgan fingerprint density at radius 1 is 1.32 bits per heavy atom. The number of amides is 1. The molecule has 2 unspecified atom stereocenters. The van der Waals surface area contributed by atoms with Crippen LogP contribution in [0.1, 0.15) is 42.5 Å². The van der Waals surface area contributed by atoms with Gasteiger partial charge in [0.2, 0.25) is 5.91 Å². The van der Waals surface area contributed by atoms with Crippen molar-refractivity contribution in [3.05, 3.63) is 34.9 Å². The van der Waals surface area contributed by atoms with Gasteiger partial charge in [-0.3, -0.25) is 4.79 Å². The molecule has 1 fully saturated rings. The lowest BCUT2D eigenvalue weighted by Gasteiger charge is -2.18. The van der Waals surface area contributed by atoms with Crippen LogP contribution in [-0.2, 0) is 4.79 Å². The van der Waals surface area contributed by atoms with Gasteiger partial charge >= 0.3 is 0 Å². The number of nitrogens with one attached hydrogen (secondary N) is 2. The summed E-state index contributed by atoms with van der Waals surface area (Å²) in [5.41, 5.74) is 3.66. The minimum absolute atomic E-state index is 0. The molecular weight excluding hydrogens is 260 g/mol. The highest BCUT2D eigenvalue weighted by Gasteiger charge is 2.23. The first-order valence-corrected chi connectivity index (χ1v) is 6.68. The molecule has 0 radical (unpaired) electrons. The summed E-state index contributed by atoms with van der Waals surface area (Å²) in [6, 6.07) is 6.49. The van der Waals surface area contributed by atoms with Gasteiger partial charge in [-0.25, -0.2) is 0 Å². The maximum atomic E-state index is 12.0. The van der Waals surface area contributed by atoms with Crippen LogP contribution in [0, 0.1) is 13.8 Å². The second kappa shape index (κ2) is 6.92. The molecule has 19 heavy (non-hydrogen) atoms. The van der Waals surface area contributed by atoms with Crippen molar-refractivity contribution in [1.29, 1.82) is 0 Å². The van der Waals surface area contributed by atoms with Crippen molar-refractivity contribution in [2.24, 2.45) is 0 Å². The highest BCUT2D eigenvalue weighted by molar-refractivity contribution is 5.85. The molecule has 2 atom stereocenters. The van der Waals surface area contributed by atoms with E-state index < -0.39 is 0 Å². The summed E-state index contributed by atoms with van der Waals surface area (Å²) in [5, 5.41) is 6.32. The SMILES string of the molecule is Cc1cc(C)cc(C(C)NC(=O)C2CCCN2)c1.Cl. The zero-order valence-corrected chi connectivity index (χ0v) is 12.6. The van der Waals surface area contributed by atoms with Crippen molar-refractivity contribution in [2.75, 3.05) is 6.54 Å². The molecule has 0 saturated carbocycles. The Kier molecular flexibility index (Phi) is 5.83. The van der Waals surface area contributed by atoms with Crippen molar-refractivity contribution < 1.29 is 4.79 Å². The molecule has 1 aliphatic heterocycles. The van der Waals surface area contributed by atoms with Crippen LogP contribution in [0.15, 0.2) is 18.2 Å². The van der Waals surface area contributed by atoms with E-state index in [2.05, 4.69) is 42.7 Å². The van der Waals surface area contributed by atoms with E-state index in [0.717, 1.165) is 19.4 Å². The molecule has 2 N–H and O–H groups in total. The number of hydrogen-bond acceptors (Lipinski definition) is 2. The molecule has 0 bridgehead atoms. The smallest absolute Gasteiger partial charge is 0.237 e. The van der Waals surface area contributed by atoms with Gasteiger partial charge in [0.05, 0.1) is 12.1 Å². The van der Waals surface area contributed by atoms with Crippen molar-refractivity contribution in [3.8, 4) is 0 Å². The minimum Gasteiger partial charge on any atom is -0.348 e. The Labute approximate surface area is 121 Å². The molecule has 1 aliphatic rings. The first kappa shape index (κ1) is 16.0. The molecule has 0 spiro atoms. The quantitative estimate of drug-likeness (QED) is 0.895. The van der Waals surface area contributed by atoms with Gasteiger partial charge in [0, 0.05) is 0 Å². The molecule has 1 heterocycles. The summed E-state index contributed by atoms with van der Waals surface area (Å²) in [7, 11) is 0. The van der Waals surface area contributed by atoms with E-state index in [0.29, 0.717) is 0 Å². The summed E-state index contributed by atoms with van der Waals surface area (Å²) in [6.45, 7) is 7.17. The summed E-state index contributed by atoms with van der Waals surface area (Å²) in [4.78, 5) is 12.0. The van der Waals surface area contributed by atoms with Crippen molar-refractivity contribution in [2.45, 2.75) is 45.7 Å². The Bertz CT molecular complexity index is 422. The third-order valence-corrected chi connectivity index (χ3v) is 3.48. The van der Waals surface area contributed by atoms with Crippen LogP contribution < -0.4 is 10.6 Å². The van der Waals surface area contributed by atoms with E-state index in [1.54, 1.807) is 0 Å². The van der Waals surface area contributed by atoms with Crippen LogP contribution in [-0.4, -0.2) is 18.5 Å². The standard InChI is InChI=1S/C15H22N2O.ClH/c1-10-7-11(2)9-13(8-10)12(3)17-15(18)14-5-4-6-16-14;/h7-9,12,14,16H,4-6H2,1-3H3,(H,17,18);1H. The first-order chi connectivity index (χ1) is 8.56. The third kappa shape index (κ3) is 4.22. The second-order valence-corrected chi connectivity index (χ2v) is 5.30. The molecular formula is C15H23ClN2O. The fourth-order valence-electron chi connectivity index (χ4n) is 2.57. The lowest BCUT2D eigenvalue weighted by atomic mass is 10.0. The number of carbonyl (C=O) groups excluding carboxylic acids is 1. The van der Waals surface area contributed by atoms with Gasteiger partial charge in [0.25, 0.3) is 0 Å². The third-order valence-electron chi connectivity index (χ3n) is 3.48. The van der Waals surface area contributed by atoms with Crippen LogP contribution in [0.5, 0.6) is 0 Å². The van der Waals surface area contributed by atoms with E-state index in [1.165, 1.54) is 16.7 Å². The fraction of sp³-hybridized carbons (Fsp3) is 0.533. The number of halogens is 1. The van der Waals surface area contributed by atoms with Crippen LogP contribution >= 0.6 is 12.4 Å². The number of rotatable bonds is 3. The summed E-state index contributed by atoms with van der Waals surface area (Å²) in [5.74, 6) is 0.124. The van der Waals surface area contributed by atoms with Crippen molar-refractivity contribution >= 4 is 18.3 Å². The van der Waals surface area contributed by atoms with Gasteiger partial charge in [-0.15, -0.1) is 12.4 Å². The first-order valence-electron chi connectivity index (χ1n) is 6.68. The Hall–Kier alpha value is -1.06. The number of hydrogen-bond donors (Lipinski definition) is 2. The summed E-state index contributed by atoms with van der Waals surface area (Å²) >= 11 is 0. The maximum absolute atomic E-state index is 12.0. The van der Waals surface area contributed by atoms with Gasteiger partial charge in [-0.05, 0) is 45.7 Å². The Morgan fingerprint density at radius 2 is 1.95 bits per heavy atom. The predicted molar refractivity (Wildman–Crippen MR) is 80.7 cm³/mol. The molecule has 0 aliphatic carbocycles. The van der Waals surface area contributed by atoms with E-state index in [4.69, 9.17) is 0 Å². The van der Waals surface area contributed by atoms with Crippen molar-refractivity contribution in [3.63, 3.8) is 0 Å². The van der Waals surface area contributed by atoms with Crippen LogP contribution in [0.25, 0.3) is 0 Å². The Morgan fingerprint density at radius 3 is 2.47 bits per heavy atom. The van der Waals surface area contributed by atoms with Gasteiger partial charge in [0.15, 0.2) is 0 Å². The summed E-state index contributed by atoms with van der Waals surface area (Å²) in [6.07, 6.45) is 2.04. The van der Waals surface area contributed by atoms with Gasteiger partial charge in [0.1, 0.15) is 0 Å². The average molecular weight is 283 g/mol. The fourth-order valence-corrected chi connectivity index (χ4v) is 2.57. The van der Waals surface area contributed by atoms with E-state index >= 15 is 0 Å². The zero-order valence-electron chi connectivity index (χ0n) is 11.8. The normalized spacial score (nSPS) is 19.6. The predicted octanol–water partition coefficient (Wildman–Crippen LogP) is 2.65. The largest absolute Gasteiger partial charge is 0.348 e. The van der Waals surface area contributed by atoms with Gasteiger partial charge in [-0.1, -0.05) is 29.3 Å². The van der Waals surface area contributed by atoms with E-state index in [-0.39, 0.29) is 30.4 Å². The van der Waals surface area contributed by atoms with Crippen LogP contribution in [0.2, 0.25) is 0 Å². The van der Waals surface area contributed by atoms with Gasteiger partial charge < -0.3 is 10.6 Å².